The number of halogens is 3. The van der Waals surface area contributed by atoms with Gasteiger partial charge in [-0.1, -0.05) is 41.4 Å². The lowest BCUT2D eigenvalue weighted by atomic mass is 10.1. The van der Waals surface area contributed by atoms with Crippen LogP contribution >= 0.6 is 11.6 Å². The number of rotatable bonds is 9. The normalized spacial score (nSPS) is 11.5. The van der Waals surface area contributed by atoms with Gasteiger partial charge in [0.2, 0.25) is 5.91 Å². The number of carbonyl (C=O) groups is 1. The molecule has 0 unspecified atom stereocenters. The molecule has 0 N–H and O–H groups in total. The monoisotopic (exact) mass is 411 g/mol. The molecule has 0 atom stereocenters. The first-order valence-electron chi connectivity index (χ1n) is 8.84. The Balaban J connectivity index is 2.14. The Bertz CT molecular complexity index is 820. The minimum Gasteiger partial charge on any atom is -0.383 e. The molecular formula is C20H24ClF2N3O2. The molecule has 2 rings (SSSR count). The molecule has 0 fully saturated rings. The van der Waals surface area contributed by atoms with Gasteiger partial charge in [-0.05, 0) is 25.5 Å². The van der Waals surface area contributed by atoms with Crippen LogP contribution in [0.3, 0.4) is 0 Å². The summed E-state index contributed by atoms with van der Waals surface area (Å²) in [5, 5.41) is 4.81. The van der Waals surface area contributed by atoms with Crippen LogP contribution in [0.15, 0.2) is 30.3 Å². The fourth-order valence-electron chi connectivity index (χ4n) is 2.65. The van der Waals surface area contributed by atoms with Crippen LogP contribution in [0, 0.1) is 13.8 Å². The second kappa shape index (κ2) is 10.3. The van der Waals surface area contributed by atoms with E-state index in [9.17, 15) is 13.6 Å². The summed E-state index contributed by atoms with van der Waals surface area (Å²) in [6, 6.07) is 8.02. The summed E-state index contributed by atoms with van der Waals surface area (Å²) in [4.78, 5) is 13.3. The van der Waals surface area contributed by atoms with Gasteiger partial charge in [-0.3, -0.25) is 4.79 Å². The molecule has 1 heterocycles. The SMILES string of the molecule is COCCN(CC(F)F)C(=O)/C=C/c1c(C)nn(Cc2ccc(C)cc2)c1Cl. The Morgan fingerprint density at radius 2 is 2.00 bits per heavy atom. The van der Waals surface area contributed by atoms with E-state index in [0.717, 1.165) is 16.0 Å². The van der Waals surface area contributed by atoms with Crippen LogP contribution in [0.25, 0.3) is 6.08 Å². The maximum Gasteiger partial charge on any atom is 0.255 e. The molecule has 1 amide bonds. The van der Waals surface area contributed by atoms with Crippen molar-refractivity contribution < 1.29 is 18.3 Å². The van der Waals surface area contributed by atoms with E-state index in [-0.39, 0.29) is 13.2 Å². The van der Waals surface area contributed by atoms with Crippen LogP contribution < -0.4 is 0 Å². The van der Waals surface area contributed by atoms with Gasteiger partial charge in [-0.2, -0.15) is 5.10 Å². The molecule has 28 heavy (non-hydrogen) atoms. The van der Waals surface area contributed by atoms with Gasteiger partial charge >= 0.3 is 0 Å². The number of hydrogen-bond acceptors (Lipinski definition) is 3. The highest BCUT2D eigenvalue weighted by atomic mass is 35.5. The Labute approximate surface area is 168 Å². The van der Waals surface area contributed by atoms with Crippen molar-refractivity contribution in [1.29, 1.82) is 0 Å². The predicted octanol–water partition coefficient (Wildman–Crippen LogP) is 3.95. The zero-order chi connectivity index (χ0) is 20.7. The fraction of sp³-hybridized carbons (Fsp3) is 0.400. The summed E-state index contributed by atoms with van der Waals surface area (Å²) in [5.74, 6) is -0.529. The first-order valence-corrected chi connectivity index (χ1v) is 9.22. The summed E-state index contributed by atoms with van der Waals surface area (Å²) in [7, 11) is 1.45. The molecule has 0 aliphatic rings. The molecule has 8 heteroatoms. The highest BCUT2D eigenvalue weighted by Crippen LogP contribution is 2.22. The molecule has 0 aliphatic carbocycles. The van der Waals surface area contributed by atoms with Gasteiger partial charge in [-0.25, -0.2) is 13.5 Å². The molecule has 0 radical (unpaired) electrons. The lowest BCUT2D eigenvalue weighted by molar-refractivity contribution is -0.128. The Kier molecular flexibility index (Phi) is 8.14. The Hall–Kier alpha value is -2.25. The Morgan fingerprint density at radius 1 is 1.32 bits per heavy atom. The average Bonchev–Trinajstić information content (AvgIpc) is 2.91. The maximum absolute atomic E-state index is 12.7. The smallest absolute Gasteiger partial charge is 0.255 e. The molecule has 2 aromatic rings. The number of alkyl halides is 2. The summed E-state index contributed by atoms with van der Waals surface area (Å²) in [6.07, 6.45) is 0.144. The molecule has 0 aliphatic heterocycles. The van der Waals surface area contributed by atoms with E-state index in [2.05, 4.69) is 5.10 Å². The number of aryl methyl sites for hydroxylation is 2. The van der Waals surface area contributed by atoms with E-state index in [4.69, 9.17) is 16.3 Å². The van der Waals surface area contributed by atoms with E-state index in [0.29, 0.717) is 23.0 Å². The number of ether oxygens (including phenoxy) is 1. The topological polar surface area (TPSA) is 47.4 Å². The quantitative estimate of drug-likeness (QED) is 0.587. The average molecular weight is 412 g/mol. The standard InChI is InChI=1S/C20H24ClF2N3O2/c1-14-4-6-16(7-5-14)12-26-20(21)17(15(2)24-26)8-9-19(27)25(10-11-28-3)13-18(22)23/h4-9,18H,10-13H2,1-3H3/b9-8+. The van der Waals surface area contributed by atoms with Crippen molar-refractivity contribution in [3.63, 3.8) is 0 Å². The Morgan fingerprint density at radius 3 is 2.61 bits per heavy atom. The first-order chi connectivity index (χ1) is 13.3. The molecule has 152 valence electrons. The molecule has 5 nitrogen and oxygen atoms in total. The predicted molar refractivity (Wildman–Crippen MR) is 106 cm³/mol. The maximum atomic E-state index is 12.7. The highest BCUT2D eigenvalue weighted by molar-refractivity contribution is 6.31. The van der Waals surface area contributed by atoms with Gasteiger partial charge in [0.05, 0.1) is 25.4 Å². The molecule has 0 spiro atoms. The van der Waals surface area contributed by atoms with E-state index >= 15 is 0 Å². The lowest BCUT2D eigenvalue weighted by Gasteiger charge is -2.20. The van der Waals surface area contributed by atoms with Crippen LogP contribution in [-0.2, 0) is 16.1 Å². The van der Waals surface area contributed by atoms with E-state index in [1.165, 1.54) is 19.3 Å². The van der Waals surface area contributed by atoms with Gasteiger partial charge in [0, 0.05) is 25.3 Å². The van der Waals surface area contributed by atoms with Crippen LogP contribution in [0.4, 0.5) is 8.78 Å². The van der Waals surface area contributed by atoms with E-state index < -0.39 is 18.9 Å². The van der Waals surface area contributed by atoms with Crippen LogP contribution in [0.1, 0.15) is 22.4 Å². The number of amides is 1. The second-order valence-corrected chi connectivity index (χ2v) is 6.79. The number of hydrogen-bond donors (Lipinski definition) is 0. The minimum atomic E-state index is -2.61. The van der Waals surface area contributed by atoms with Crippen molar-refractivity contribution in [2.24, 2.45) is 0 Å². The van der Waals surface area contributed by atoms with Gasteiger partial charge < -0.3 is 9.64 Å². The molecule has 1 aromatic carbocycles. The molecule has 1 aromatic heterocycles. The third-order valence-corrected chi connectivity index (χ3v) is 4.59. The van der Waals surface area contributed by atoms with Crippen LogP contribution in [-0.4, -0.2) is 53.8 Å². The van der Waals surface area contributed by atoms with Gasteiger partial charge in [-0.15, -0.1) is 0 Å². The lowest BCUT2D eigenvalue weighted by Crippen LogP contribution is -2.36. The van der Waals surface area contributed by atoms with Crippen molar-refractivity contribution in [2.45, 2.75) is 26.8 Å². The second-order valence-electron chi connectivity index (χ2n) is 6.43. The van der Waals surface area contributed by atoms with Gasteiger partial charge in [0.25, 0.3) is 6.43 Å². The number of nitrogens with zero attached hydrogens (tertiary/aromatic N) is 3. The third kappa shape index (κ3) is 6.14. The largest absolute Gasteiger partial charge is 0.383 e. The number of carbonyl (C=O) groups excluding carboxylic acids is 1. The molecule has 0 saturated carbocycles. The summed E-state index contributed by atoms with van der Waals surface area (Å²) in [6.45, 7) is 3.91. The van der Waals surface area contributed by atoms with E-state index in [1.807, 2.05) is 31.2 Å². The van der Waals surface area contributed by atoms with Crippen LogP contribution in [0.2, 0.25) is 5.15 Å². The first kappa shape index (κ1) is 22.0. The fourth-order valence-corrected chi connectivity index (χ4v) is 2.94. The van der Waals surface area contributed by atoms with E-state index in [1.54, 1.807) is 11.6 Å². The number of methoxy groups -OCH3 is 1. The number of benzene rings is 1. The van der Waals surface area contributed by atoms with Gasteiger partial charge in [0.15, 0.2) is 0 Å². The summed E-state index contributed by atoms with van der Waals surface area (Å²) in [5.41, 5.74) is 3.45. The van der Waals surface area contributed by atoms with Crippen molar-refractivity contribution in [3.05, 3.63) is 57.9 Å². The highest BCUT2D eigenvalue weighted by Gasteiger charge is 2.17. The van der Waals surface area contributed by atoms with Crippen molar-refractivity contribution in [1.82, 2.24) is 14.7 Å². The number of aromatic nitrogens is 2. The summed E-state index contributed by atoms with van der Waals surface area (Å²) >= 11 is 6.43. The zero-order valence-electron chi connectivity index (χ0n) is 16.2. The third-order valence-electron chi connectivity index (χ3n) is 4.19. The minimum absolute atomic E-state index is 0.0867. The van der Waals surface area contributed by atoms with Gasteiger partial charge in [0.1, 0.15) is 5.15 Å². The molecule has 0 saturated heterocycles. The van der Waals surface area contributed by atoms with Crippen molar-refractivity contribution in [3.8, 4) is 0 Å². The summed E-state index contributed by atoms with van der Waals surface area (Å²) < 4.78 is 31.9. The molecule has 0 bridgehead atoms. The van der Waals surface area contributed by atoms with Crippen molar-refractivity contribution >= 4 is 23.6 Å². The van der Waals surface area contributed by atoms with Crippen molar-refractivity contribution in [2.75, 3.05) is 26.8 Å². The van der Waals surface area contributed by atoms with Crippen LogP contribution in [0.5, 0.6) is 0 Å². The molecular weight excluding hydrogens is 388 g/mol. The zero-order valence-corrected chi connectivity index (χ0v) is 16.9.